The minimum Gasteiger partial charge on any atom is -0.352 e. The zero-order valence-corrected chi connectivity index (χ0v) is 15.1. The largest absolute Gasteiger partial charge is 0.352 e. The molecule has 1 heterocycles. The lowest BCUT2D eigenvalue weighted by Crippen LogP contribution is -2.30. The van der Waals surface area contributed by atoms with Crippen molar-refractivity contribution in [1.29, 1.82) is 0 Å². The topological polar surface area (TPSA) is 18.5 Å². The van der Waals surface area contributed by atoms with Crippen LogP contribution in [0, 0.1) is 29.6 Å². The number of hydrogen-bond acceptors (Lipinski definition) is 2. The van der Waals surface area contributed by atoms with Gasteiger partial charge in [-0.3, -0.25) is 0 Å². The molecular weight excluding hydrogens is 296 g/mol. The molecule has 2 fully saturated rings. The summed E-state index contributed by atoms with van der Waals surface area (Å²) < 4.78 is 11.4. The highest BCUT2D eigenvalue weighted by atomic mass is 16.7. The Kier molecular flexibility index (Phi) is 6.35. The molecule has 0 amide bonds. The number of aryl methyl sites for hydroxylation is 1. The maximum atomic E-state index is 5.70. The Bertz CT molecular complexity index is 550. The zero-order valence-electron chi connectivity index (χ0n) is 15.1. The number of benzene rings is 1. The molecule has 1 aliphatic carbocycles. The molecule has 1 aliphatic heterocycles. The van der Waals surface area contributed by atoms with Crippen molar-refractivity contribution in [2.45, 2.75) is 58.7 Å². The van der Waals surface area contributed by atoms with Gasteiger partial charge in [-0.1, -0.05) is 37.8 Å². The van der Waals surface area contributed by atoms with Crippen molar-refractivity contribution in [3.63, 3.8) is 0 Å². The highest BCUT2D eigenvalue weighted by Crippen LogP contribution is 2.27. The molecule has 0 unspecified atom stereocenters. The maximum absolute atomic E-state index is 5.70. The van der Waals surface area contributed by atoms with Crippen molar-refractivity contribution >= 4 is 0 Å². The average Bonchev–Trinajstić information content (AvgIpc) is 2.62. The molecule has 1 saturated heterocycles. The summed E-state index contributed by atoms with van der Waals surface area (Å²) in [5.41, 5.74) is 2.47. The fourth-order valence-electron chi connectivity index (χ4n) is 3.44. The fraction of sp³-hybridized carbons (Fsp3) is 0.636. The molecule has 0 radical (unpaired) electrons. The van der Waals surface area contributed by atoms with Crippen LogP contribution in [0.15, 0.2) is 24.3 Å². The Morgan fingerprint density at radius 2 is 1.58 bits per heavy atom. The quantitative estimate of drug-likeness (QED) is 0.742. The molecule has 130 valence electrons. The van der Waals surface area contributed by atoms with Gasteiger partial charge in [0.05, 0.1) is 13.2 Å². The first-order valence-corrected chi connectivity index (χ1v) is 9.52. The molecule has 0 spiro atoms. The van der Waals surface area contributed by atoms with E-state index in [0.29, 0.717) is 11.8 Å². The molecule has 0 atom stereocenters. The van der Waals surface area contributed by atoms with E-state index in [2.05, 4.69) is 50.0 Å². The van der Waals surface area contributed by atoms with Crippen LogP contribution in [0.1, 0.15) is 57.1 Å². The van der Waals surface area contributed by atoms with E-state index < -0.39 is 0 Å². The summed E-state index contributed by atoms with van der Waals surface area (Å²) >= 11 is 0. The lowest BCUT2D eigenvalue weighted by molar-refractivity contribution is -0.199. The van der Waals surface area contributed by atoms with E-state index in [0.717, 1.165) is 37.5 Å². The summed E-state index contributed by atoms with van der Waals surface area (Å²) in [6, 6.07) is 8.69. The second-order valence-corrected chi connectivity index (χ2v) is 7.66. The monoisotopic (exact) mass is 326 g/mol. The van der Waals surface area contributed by atoms with E-state index in [1.54, 1.807) is 0 Å². The number of rotatable bonds is 3. The minimum atomic E-state index is -0.0330. The minimum absolute atomic E-state index is 0.0330. The van der Waals surface area contributed by atoms with Crippen LogP contribution in [-0.2, 0) is 15.9 Å². The van der Waals surface area contributed by atoms with Crippen LogP contribution in [0.3, 0.4) is 0 Å². The van der Waals surface area contributed by atoms with Gasteiger partial charge in [-0.15, -0.1) is 0 Å². The SMILES string of the molecule is CC1CCC(C#Cc2ccc(CCC3OCC(C)CO3)cc2)CC1. The molecule has 0 bridgehead atoms. The molecule has 2 aliphatic rings. The van der Waals surface area contributed by atoms with Crippen molar-refractivity contribution in [2.75, 3.05) is 13.2 Å². The first-order valence-electron chi connectivity index (χ1n) is 9.52. The first kappa shape index (κ1) is 17.5. The van der Waals surface area contributed by atoms with E-state index in [-0.39, 0.29) is 6.29 Å². The van der Waals surface area contributed by atoms with Gasteiger partial charge in [0.15, 0.2) is 6.29 Å². The predicted octanol–water partition coefficient (Wildman–Crippen LogP) is 4.81. The van der Waals surface area contributed by atoms with Crippen molar-refractivity contribution in [3.8, 4) is 11.8 Å². The number of hydrogen-bond donors (Lipinski definition) is 0. The van der Waals surface area contributed by atoms with Crippen LogP contribution in [0.4, 0.5) is 0 Å². The van der Waals surface area contributed by atoms with Crippen molar-refractivity contribution in [2.24, 2.45) is 17.8 Å². The second kappa shape index (κ2) is 8.70. The van der Waals surface area contributed by atoms with Gasteiger partial charge in [0, 0.05) is 23.8 Å². The lowest BCUT2D eigenvalue weighted by Gasteiger charge is -2.27. The highest BCUT2D eigenvalue weighted by Gasteiger charge is 2.18. The molecule has 1 saturated carbocycles. The van der Waals surface area contributed by atoms with Gasteiger partial charge in [-0.2, -0.15) is 0 Å². The predicted molar refractivity (Wildman–Crippen MR) is 97.6 cm³/mol. The molecule has 1 aromatic rings. The Morgan fingerprint density at radius 1 is 0.917 bits per heavy atom. The Balaban J connectivity index is 1.45. The van der Waals surface area contributed by atoms with Crippen molar-refractivity contribution in [3.05, 3.63) is 35.4 Å². The summed E-state index contributed by atoms with van der Waals surface area (Å²) in [6.07, 6.45) is 7.10. The van der Waals surface area contributed by atoms with Crippen molar-refractivity contribution < 1.29 is 9.47 Å². The summed E-state index contributed by atoms with van der Waals surface area (Å²) in [5.74, 6) is 8.86. The van der Waals surface area contributed by atoms with Crippen LogP contribution in [0.2, 0.25) is 0 Å². The Hall–Kier alpha value is -1.30. The van der Waals surface area contributed by atoms with Crippen LogP contribution in [0.5, 0.6) is 0 Å². The molecule has 2 heteroatoms. The Labute approximate surface area is 146 Å². The second-order valence-electron chi connectivity index (χ2n) is 7.66. The standard InChI is InChI=1S/C22H30O2/c1-17-3-5-19(6-4-17)7-8-20-9-11-21(12-10-20)13-14-22-23-15-18(2)16-24-22/h9-12,17-19,22H,3-6,13-16H2,1-2H3. The summed E-state index contributed by atoms with van der Waals surface area (Å²) in [7, 11) is 0. The van der Waals surface area contributed by atoms with Gasteiger partial charge in [0.25, 0.3) is 0 Å². The van der Waals surface area contributed by atoms with Gasteiger partial charge in [0.2, 0.25) is 0 Å². The molecule has 0 aromatic heterocycles. The maximum Gasteiger partial charge on any atom is 0.157 e. The molecule has 3 rings (SSSR count). The van der Waals surface area contributed by atoms with E-state index in [1.807, 2.05) is 0 Å². The highest BCUT2D eigenvalue weighted by molar-refractivity contribution is 5.36. The smallest absolute Gasteiger partial charge is 0.157 e. The first-order chi connectivity index (χ1) is 11.7. The van der Waals surface area contributed by atoms with Crippen LogP contribution in [0.25, 0.3) is 0 Å². The molecule has 1 aromatic carbocycles. The Morgan fingerprint density at radius 3 is 2.25 bits per heavy atom. The van der Waals surface area contributed by atoms with Crippen LogP contribution in [-0.4, -0.2) is 19.5 Å². The van der Waals surface area contributed by atoms with E-state index in [9.17, 15) is 0 Å². The van der Waals surface area contributed by atoms with E-state index >= 15 is 0 Å². The molecule has 24 heavy (non-hydrogen) atoms. The number of ether oxygens (including phenoxy) is 2. The average molecular weight is 326 g/mol. The van der Waals surface area contributed by atoms with Gasteiger partial charge >= 0.3 is 0 Å². The van der Waals surface area contributed by atoms with Gasteiger partial charge in [0.1, 0.15) is 0 Å². The van der Waals surface area contributed by atoms with E-state index in [4.69, 9.17) is 9.47 Å². The third-order valence-corrected chi connectivity index (χ3v) is 5.19. The van der Waals surface area contributed by atoms with Crippen molar-refractivity contribution in [1.82, 2.24) is 0 Å². The van der Waals surface area contributed by atoms with E-state index in [1.165, 1.54) is 31.2 Å². The van der Waals surface area contributed by atoms with Gasteiger partial charge < -0.3 is 9.47 Å². The lowest BCUT2D eigenvalue weighted by atomic mass is 9.83. The van der Waals surface area contributed by atoms with Gasteiger partial charge in [-0.05, 0) is 55.7 Å². The summed E-state index contributed by atoms with van der Waals surface area (Å²) in [4.78, 5) is 0. The third kappa shape index (κ3) is 5.36. The fourth-order valence-corrected chi connectivity index (χ4v) is 3.44. The zero-order chi connectivity index (χ0) is 16.8. The normalized spacial score (nSPS) is 30.4. The summed E-state index contributed by atoms with van der Waals surface area (Å²) in [5, 5.41) is 0. The third-order valence-electron chi connectivity index (χ3n) is 5.19. The van der Waals surface area contributed by atoms with Crippen LogP contribution >= 0.6 is 0 Å². The van der Waals surface area contributed by atoms with Crippen LogP contribution < -0.4 is 0 Å². The molecular formula is C22H30O2. The van der Waals surface area contributed by atoms with Gasteiger partial charge in [-0.25, -0.2) is 0 Å². The summed E-state index contributed by atoms with van der Waals surface area (Å²) in [6.45, 7) is 6.15. The molecule has 2 nitrogen and oxygen atoms in total. The molecule has 0 N–H and O–H groups in total.